The number of hydrogen-bond donors (Lipinski definition) is 2. The van der Waals surface area contributed by atoms with Crippen molar-refractivity contribution in [3.63, 3.8) is 0 Å². The summed E-state index contributed by atoms with van der Waals surface area (Å²) in [6.45, 7) is 2.38. The minimum atomic E-state index is -0.293. The highest BCUT2D eigenvalue weighted by atomic mass is 16.2. The number of fused-ring (bicyclic) bond motifs is 3. The first-order valence-electron chi connectivity index (χ1n) is 10.5. The van der Waals surface area contributed by atoms with Crippen molar-refractivity contribution in [1.82, 2.24) is 29.9 Å². The van der Waals surface area contributed by atoms with Crippen molar-refractivity contribution in [1.29, 1.82) is 0 Å². The van der Waals surface area contributed by atoms with E-state index in [0.717, 1.165) is 71.8 Å². The van der Waals surface area contributed by atoms with Crippen molar-refractivity contribution in [2.75, 3.05) is 18.8 Å². The van der Waals surface area contributed by atoms with Gasteiger partial charge >= 0.3 is 0 Å². The van der Waals surface area contributed by atoms with Gasteiger partial charge < -0.3 is 10.6 Å². The number of amides is 1. The average Bonchev–Trinajstić information content (AvgIpc) is 3.23. The zero-order valence-corrected chi connectivity index (χ0v) is 16.6. The number of pyridine rings is 1. The Morgan fingerprint density at radius 3 is 2.73 bits per heavy atom. The lowest BCUT2D eigenvalue weighted by atomic mass is 10.1. The fraction of sp³-hybridized carbons (Fsp3) is 0.364. The largest absolute Gasteiger partial charge is 0.383 e. The Kier molecular flexibility index (Phi) is 3.65. The first-order chi connectivity index (χ1) is 14.6. The average molecular weight is 401 g/mol. The summed E-state index contributed by atoms with van der Waals surface area (Å²) in [5.74, 6) is 0.751. The fourth-order valence-corrected chi connectivity index (χ4v) is 4.64. The van der Waals surface area contributed by atoms with Crippen LogP contribution in [0.1, 0.15) is 25.7 Å². The van der Waals surface area contributed by atoms with E-state index in [1.807, 2.05) is 40.0 Å². The molecule has 3 N–H and O–H groups in total. The van der Waals surface area contributed by atoms with Crippen molar-refractivity contribution in [2.24, 2.45) is 5.41 Å². The molecule has 152 valence electrons. The highest BCUT2D eigenvalue weighted by Crippen LogP contribution is 2.49. The van der Waals surface area contributed by atoms with Crippen molar-refractivity contribution < 1.29 is 4.79 Å². The van der Waals surface area contributed by atoms with Crippen LogP contribution >= 0.6 is 0 Å². The van der Waals surface area contributed by atoms with Crippen LogP contribution in [0.4, 0.5) is 5.82 Å². The third-order valence-electron chi connectivity index (χ3n) is 6.51. The van der Waals surface area contributed by atoms with Gasteiger partial charge in [0.1, 0.15) is 11.3 Å². The van der Waals surface area contributed by atoms with Crippen LogP contribution in [0.3, 0.4) is 0 Å². The van der Waals surface area contributed by atoms with E-state index in [9.17, 15) is 4.79 Å². The predicted octanol–water partition coefficient (Wildman–Crippen LogP) is 2.96. The van der Waals surface area contributed by atoms with E-state index in [4.69, 9.17) is 10.8 Å². The Morgan fingerprint density at radius 2 is 2.00 bits per heavy atom. The number of benzene rings is 1. The molecular formula is C22H23N7O. The smallest absolute Gasteiger partial charge is 0.230 e. The molecule has 4 aromatic rings. The Hall–Kier alpha value is -3.42. The molecule has 1 amide bonds. The number of anilines is 1. The second kappa shape index (κ2) is 6.29. The molecule has 30 heavy (non-hydrogen) atoms. The van der Waals surface area contributed by atoms with Crippen LogP contribution in [-0.2, 0) is 11.3 Å². The van der Waals surface area contributed by atoms with Crippen LogP contribution in [0.15, 0.2) is 36.7 Å². The molecule has 1 aliphatic carbocycles. The first kappa shape index (κ1) is 17.4. The third kappa shape index (κ3) is 2.67. The van der Waals surface area contributed by atoms with Crippen molar-refractivity contribution in [3.05, 3.63) is 36.7 Å². The summed E-state index contributed by atoms with van der Waals surface area (Å²) in [6, 6.07) is 7.98. The van der Waals surface area contributed by atoms with E-state index in [1.165, 1.54) is 0 Å². The molecule has 0 radical (unpaired) electrons. The van der Waals surface area contributed by atoms with Gasteiger partial charge in [0.05, 0.1) is 28.6 Å². The lowest BCUT2D eigenvalue weighted by Crippen LogP contribution is -2.37. The standard InChI is InChI=1S/C22H23N7O/c23-20-16-12-29(13-22(6-7-22)21(30)28-9-1-2-10-28)27-19(16)15-4-3-14(11-18(15)25-20)17-5-8-24-26-17/h3-5,8,11-12H,1-2,6-7,9-10,13H2,(H2,23,25)(H,24,26). The molecule has 2 aliphatic rings. The minimum Gasteiger partial charge on any atom is -0.383 e. The molecule has 6 rings (SSSR count). The second-order valence-electron chi connectivity index (χ2n) is 8.57. The summed E-state index contributed by atoms with van der Waals surface area (Å²) in [5.41, 5.74) is 9.55. The predicted molar refractivity (Wildman–Crippen MR) is 115 cm³/mol. The van der Waals surface area contributed by atoms with Crippen LogP contribution in [-0.4, -0.2) is 48.9 Å². The second-order valence-corrected chi connectivity index (χ2v) is 8.57. The molecule has 1 saturated heterocycles. The van der Waals surface area contributed by atoms with Gasteiger partial charge in [-0.2, -0.15) is 10.2 Å². The van der Waals surface area contributed by atoms with Gasteiger partial charge in [-0.3, -0.25) is 14.6 Å². The van der Waals surface area contributed by atoms with Crippen molar-refractivity contribution in [2.45, 2.75) is 32.2 Å². The number of nitrogens with zero attached hydrogens (tertiary/aromatic N) is 5. The molecular weight excluding hydrogens is 378 g/mol. The van der Waals surface area contributed by atoms with Gasteiger partial charge in [0.15, 0.2) is 0 Å². The number of nitrogen functional groups attached to an aromatic ring is 1. The van der Waals surface area contributed by atoms with Gasteiger partial charge in [-0.15, -0.1) is 0 Å². The molecule has 1 aliphatic heterocycles. The molecule has 0 spiro atoms. The number of aromatic nitrogens is 5. The summed E-state index contributed by atoms with van der Waals surface area (Å²) >= 11 is 0. The monoisotopic (exact) mass is 401 g/mol. The number of nitrogens with one attached hydrogen (secondary N) is 1. The molecule has 2 fully saturated rings. The van der Waals surface area contributed by atoms with Gasteiger partial charge in [0.2, 0.25) is 5.91 Å². The number of likely N-dealkylation sites (tertiary alicyclic amines) is 1. The van der Waals surface area contributed by atoms with E-state index in [0.29, 0.717) is 18.3 Å². The van der Waals surface area contributed by atoms with E-state index in [2.05, 4.69) is 15.2 Å². The lowest BCUT2D eigenvalue weighted by Gasteiger charge is -2.22. The quantitative estimate of drug-likeness (QED) is 0.547. The van der Waals surface area contributed by atoms with Crippen molar-refractivity contribution in [3.8, 4) is 11.3 Å². The van der Waals surface area contributed by atoms with Crippen LogP contribution < -0.4 is 5.73 Å². The third-order valence-corrected chi connectivity index (χ3v) is 6.51. The van der Waals surface area contributed by atoms with Gasteiger partial charge in [-0.25, -0.2) is 4.98 Å². The molecule has 0 atom stereocenters. The summed E-state index contributed by atoms with van der Waals surface area (Å²) in [6.07, 6.45) is 7.76. The number of hydrogen-bond acceptors (Lipinski definition) is 5. The van der Waals surface area contributed by atoms with Gasteiger partial charge in [-0.1, -0.05) is 6.07 Å². The van der Waals surface area contributed by atoms with Crippen LogP contribution in [0, 0.1) is 5.41 Å². The SMILES string of the molecule is Nc1nc2cc(-c3ccn[nH]3)ccc2c2nn(CC3(C(=O)N4CCCC4)CC3)cc12. The number of aromatic amines is 1. The Labute approximate surface area is 173 Å². The number of nitrogens with two attached hydrogens (primary N) is 1. The maximum absolute atomic E-state index is 13.0. The molecule has 0 unspecified atom stereocenters. The first-order valence-corrected chi connectivity index (χ1v) is 10.5. The molecule has 4 heterocycles. The molecule has 1 aromatic carbocycles. The van der Waals surface area contributed by atoms with Crippen LogP contribution in [0.5, 0.6) is 0 Å². The number of carbonyl (C=O) groups is 1. The zero-order chi connectivity index (χ0) is 20.3. The van der Waals surface area contributed by atoms with Gasteiger partial charge in [-0.05, 0) is 43.9 Å². The summed E-state index contributed by atoms with van der Waals surface area (Å²) in [5, 5.41) is 13.6. The Balaban J connectivity index is 1.38. The number of carbonyl (C=O) groups excluding carboxylic acids is 1. The molecule has 8 nitrogen and oxygen atoms in total. The van der Waals surface area contributed by atoms with Gasteiger partial charge in [0.25, 0.3) is 0 Å². The highest BCUT2D eigenvalue weighted by Gasteiger charge is 2.52. The summed E-state index contributed by atoms with van der Waals surface area (Å²) in [7, 11) is 0. The zero-order valence-electron chi connectivity index (χ0n) is 16.6. The fourth-order valence-electron chi connectivity index (χ4n) is 4.64. The maximum Gasteiger partial charge on any atom is 0.230 e. The summed E-state index contributed by atoms with van der Waals surface area (Å²) in [4.78, 5) is 19.7. The minimum absolute atomic E-state index is 0.291. The van der Waals surface area contributed by atoms with E-state index in [1.54, 1.807) is 6.20 Å². The van der Waals surface area contributed by atoms with E-state index >= 15 is 0 Å². The van der Waals surface area contributed by atoms with Crippen LogP contribution in [0.2, 0.25) is 0 Å². The molecule has 0 bridgehead atoms. The highest BCUT2D eigenvalue weighted by molar-refractivity contribution is 6.08. The topological polar surface area (TPSA) is 106 Å². The number of H-pyrrole nitrogens is 1. The van der Waals surface area contributed by atoms with Crippen LogP contribution in [0.25, 0.3) is 33.1 Å². The molecule has 1 saturated carbocycles. The Bertz CT molecular complexity index is 1260. The van der Waals surface area contributed by atoms with Gasteiger partial charge in [0, 0.05) is 36.4 Å². The Morgan fingerprint density at radius 1 is 1.17 bits per heavy atom. The van der Waals surface area contributed by atoms with E-state index in [-0.39, 0.29) is 5.41 Å². The number of rotatable bonds is 4. The van der Waals surface area contributed by atoms with Crippen molar-refractivity contribution >= 4 is 33.5 Å². The summed E-state index contributed by atoms with van der Waals surface area (Å²) < 4.78 is 1.89. The maximum atomic E-state index is 13.0. The lowest BCUT2D eigenvalue weighted by molar-refractivity contribution is -0.136. The normalized spacial score (nSPS) is 17.8. The molecule has 3 aromatic heterocycles. The molecule has 8 heteroatoms. The van der Waals surface area contributed by atoms with E-state index < -0.39 is 0 Å².